The first-order valence-corrected chi connectivity index (χ1v) is 11.1. The highest BCUT2D eigenvalue weighted by molar-refractivity contribution is 6.07. The van der Waals surface area contributed by atoms with Crippen molar-refractivity contribution in [3.8, 4) is 5.75 Å². The Morgan fingerprint density at radius 3 is 2.72 bits per heavy atom. The van der Waals surface area contributed by atoms with E-state index in [2.05, 4.69) is 77.6 Å². The number of rotatable bonds is 6. The zero-order chi connectivity index (χ0) is 19.8. The molecule has 0 amide bonds. The van der Waals surface area contributed by atoms with E-state index in [0.717, 1.165) is 43.9 Å². The van der Waals surface area contributed by atoms with Gasteiger partial charge in [-0.05, 0) is 51.1 Å². The Bertz CT molecular complexity index is 1040. The number of piperidine rings is 3. The van der Waals surface area contributed by atoms with E-state index >= 15 is 0 Å². The zero-order valence-electron chi connectivity index (χ0n) is 17.5. The minimum atomic E-state index is -0.229. The summed E-state index contributed by atoms with van der Waals surface area (Å²) in [5.74, 6) is 1.55. The molecular weight excluding hydrogens is 358 g/mol. The Kier molecular flexibility index (Phi) is 4.75. The lowest BCUT2D eigenvalue weighted by atomic mass is 9.70. The Morgan fingerprint density at radius 1 is 1.14 bits per heavy atom. The molecule has 152 valence electrons. The lowest BCUT2D eigenvalue weighted by Crippen LogP contribution is -2.60. The zero-order valence-corrected chi connectivity index (χ0v) is 17.5. The van der Waals surface area contributed by atoms with Gasteiger partial charge in [-0.3, -0.25) is 0 Å². The molecule has 3 aromatic rings. The van der Waals surface area contributed by atoms with Crippen molar-refractivity contribution in [2.45, 2.75) is 38.7 Å². The van der Waals surface area contributed by atoms with Gasteiger partial charge in [0.2, 0.25) is 0 Å². The number of nitrogens with zero attached hydrogens (tertiary/aromatic N) is 1. The molecule has 1 aromatic heterocycles. The van der Waals surface area contributed by atoms with Crippen molar-refractivity contribution < 1.29 is 4.74 Å². The molecule has 0 aliphatic carbocycles. The first kappa shape index (κ1) is 18.6. The maximum Gasteiger partial charge on any atom is 0.152 e. The Morgan fingerprint density at radius 2 is 1.93 bits per heavy atom. The van der Waals surface area contributed by atoms with E-state index in [1.165, 1.54) is 34.8 Å². The number of fused-ring (bicyclic) bond motifs is 6. The van der Waals surface area contributed by atoms with E-state index in [1.54, 1.807) is 0 Å². The standard InChI is InChI=1S/C25H31N3O/c1-3-24-25(13-14-26-4-2,18-11-15-28(24)16-12-18)29-19-9-10-21-20-7-5-6-8-22(20)27-23(21)17-19/h3,5-10,17-18,26-27H,4,11-16H2,1-2H3. The fourth-order valence-electron chi connectivity index (χ4n) is 5.57. The lowest BCUT2D eigenvalue weighted by Gasteiger charge is -2.55. The van der Waals surface area contributed by atoms with Crippen LogP contribution in [0.1, 0.15) is 33.1 Å². The molecule has 2 N–H and O–H groups in total. The minimum Gasteiger partial charge on any atom is -0.481 e. The second kappa shape index (κ2) is 7.42. The van der Waals surface area contributed by atoms with Gasteiger partial charge in [0, 0.05) is 47.8 Å². The van der Waals surface area contributed by atoms with Gasteiger partial charge >= 0.3 is 0 Å². The van der Waals surface area contributed by atoms with Gasteiger partial charge in [-0.2, -0.15) is 0 Å². The maximum absolute atomic E-state index is 6.96. The number of benzene rings is 2. The van der Waals surface area contributed by atoms with E-state index in [0.29, 0.717) is 5.92 Å². The molecule has 4 heterocycles. The number of aromatic nitrogens is 1. The van der Waals surface area contributed by atoms with E-state index in [1.807, 2.05) is 0 Å². The summed E-state index contributed by atoms with van der Waals surface area (Å²) in [6.45, 7) is 8.64. The molecular formula is C25H31N3O. The number of allylic oxidation sites excluding steroid dienone is 1. The van der Waals surface area contributed by atoms with Crippen molar-refractivity contribution in [3.05, 3.63) is 54.2 Å². The third-order valence-electron chi connectivity index (χ3n) is 6.90. The highest BCUT2D eigenvalue weighted by Crippen LogP contribution is 2.47. The van der Waals surface area contributed by atoms with Gasteiger partial charge in [-0.15, -0.1) is 0 Å². The second-order valence-corrected chi connectivity index (χ2v) is 8.41. The average Bonchev–Trinajstić information content (AvgIpc) is 3.12. The fraction of sp³-hybridized carbons (Fsp3) is 0.440. The maximum atomic E-state index is 6.96. The molecule has 29 heavy (non-hydrogen) atoms. The number of nitrogens with one attached hydrogen (secondary N) is 2. The van der Waals surface area contributed by atoms with Gasteiger partial charge in [0.05, 0.1) is 11.2 Å². The van der Waals surface area contributed by atoms with E-state index in [4.69, 9.17) is 4.74 Å². The van der Waals surface area contributed by atoms with Gasteiger partial charge in [-0.1, -0.05) is 31.2 Å². The van der Waals surface area contributed by atoms with Crippen LogP contribution in [0.15, 0.2) is 54.2 Å². The van der Waals surface area contributed by atoms with Crippen LogP contribution in [-0.2, 0) is 0 Å². The quantitative estimate of drug-likeness (QED) is 0.579. The molecule has 0 spiro atoms. The number of para-hydroxylation sites is 1. The largest absolute Gasteiger partial charge is 0.481 e. The molecule has 0 radical (unpaired) electrons. The van der Waals surface area contributed by atoms with Crippen LogP contribution in [0.5, 0.6) is 5.75 Å². The van der Waals surface area contributed by atoms with Crippen molar-refractivity contribution in [2.75, 3.05) is 26.2 Å². The molecule has 6 rings (SSSR count). The van der Waals surface area contributed by atoms with E-state index in [9.17, 15) is 0 Å². The van der Waals surface area contributed by atoms with Crippen LogP contribution in [0.25, 0.3) is 21.8 Å². The first-order chi connectivity index (χ1) is 14.2. The van der Waals surface area contributed by atoms with Crippen LogP contribution in [0.4, 0.5) is 0 Å². The van der Waals surface area contributed by atoms with Crippen molar-refractivity contribution in [3.63, 3.8) is 0 Å². The molecule has 3 fully saturated rings. The monoisotopic (exact) mass is 389 g/mol. The topological polar surface area (TPSA) is 40.3 Å². The van der Waals surface area contributed by atoms with Crippen molar-refractivity contribution in [2.24, 2.45) is 5.92 Å². The summed E-state index contributed by atoms with van der Waals surface area (Å²) in [6, 6.07) is 15.0. The van der Waals surface area contributed by atoms with Gasteiger partial charge < -0.3 is 19.9 Å². The summed E-state index contributed by atoms with van der Waals surface area (Å²) >= 11 is 0. The molecule has 3 aliphatic rings. The summed E-state index contributed by atoms with van der Waals surface area (Å²) in [4.78, 5) is 6.11. The second-order valence-electron chi connectivity index (χ2n) is 8.41. The van der Waals surface area contributed by atoms with Crippen LogP contribution in [-0.4, -0.2) is 41.7 Å². The highest BCUT2D eigenvalue weighted by atomic mass is 16.5. The van der Waals surface area contributed by atoms with Crippen LogP contribution in [0, 0.1) is 5.92 Å². The SMILES string of the molecule is CC=C1N2CCC(CC2)C1(CCNCC)Oc1ccc2c(c1)[nH]c1ccccc12. The minimum absolute atomic E-state index is 0.229. The third kappa shape index (κ3) is 3.01. The third-order valence-corrected chi connectivity index (χ3v) is 6.90. The molecule has 1 unspecified atom stereocenters. The van der Waals surface area contributed by atoms with Gasteiger partial charge in [-0.25, -0.2) is 0 Å². The van der Waals surface area contributed by atoms with Crippen LogP contribution >= 0.6 is 0 Å². The van der Waals surface area contributed by atoms with Crippen molar-refractivity contribution in [1.82, 2.24) is 15.2 Å². The highest BCUT2D eigenvalue weighted by Gasteiger charge is 2.51. The lowest BCUT2D eigenvalue weighted by molar-refractivity contribution is -0.0570. The number of hydrogen-bond donors (Lipinski definition) is 2. The molecule has 2 bridgehead atoms. The van der Waals surface area contributed by atoms with Crippen LogP contribution in [0.2, 0.25) is 0 Å². The molecule has 1 atom stereocenters. The fourth-order valence-corrected chi connectivity index (χ4v) is 5.57. The first-order valence-electron chi connectivity index (χ1n) is 11.1. The summed E-state index contributed by atoms with van der Waals surface area (Å²) in [6.07, 6.45) is 5.74. The Labute approximate surface area is 172 Å². The predicted octanol–water partition coefficient (Wildman–Crippen LogP) is 5.07. The molecule has 4 nitrogen and oxygen atoms in total. The molecule has 3 aliphatic heterocycles. The van der Waals surface area contributed by atoms with Crippen molar-refractivity contribution >= 4 is 21.8 Å². The molecule has 4 heteroatoms. The molecule has 0 saturated carbocycles. The van der Waals surface area contributed by atoms with Gasteiger partial charge in [0.1, 0.15) is 5.75 Å². The van der Waals surface area contributed by atoms with Gasteiger partial charge in [0.25, 0.3) is 0 Å². The van der Waals surface area contributed by atoms with Crippen LogP contribution < -0.4 is 10.1 Å². The smallest absolute Gasteiger partial charge is 0.152 e. The molecule has 2 aromatic carbocycles. The number of ether oxygens (including phenoxy) is 1. The van der Waals surface area contributed by atoms with E-state index in [-0.39, 0.29) is 5.60 Å². The van der Waals surface area contributed by atoms with Gasteiger partial charge in [0.15, 0.2) is 5.60 Å². The predicted molar refractivity (Wildman–Crippen MR) is 120 cm³/mol. The van der Waals surface area contributed by atoms with E-state index < -0.39 is 0 Å². The summed E-state index contributed by atoms with van der Waals surface area (Å²) in [5.41, 5.74) is 3.48. The Balaban J connectivity index is 1.54. The van der Waals surface area contributed by atoms with Crippen molar-refractivity contribution in [1.29, 1.82) is 0 Å². The summed E-state index contributed by atoms with van der Waals surface area (Å²) in [7, 11) is 0. The number of hydrogen-bond acceptors (Lipinski definition) is 3. The van der Waals surface area contributed by atoms with Crippen LogP contribution in [0.3, 0.4) is 0 Å². The molecule has 3 saturated heterocycles. The normalized spacial score (nSPS) is 25.4. The average molecular weight is 390 g/mol. The Hall–Kier alpha value is -2.46. The number of H-pyrrole nitrogens is 1. The summed E-state index contributed by atoms with van der Waals surface area (Å²) in [5, 5.41) is 6.06. The summed E-state index contributed by atoms with van der Waals surface area (Å²) < 4.78 is 6.96. The number of aromatic amines is 1.